The summed E-state index contributed by atoms with van der Waals surface area (Å²) in [5.74, 6) is -0.0624. The van der Waals surface area contributed by atoms with Gasteiger partial charge in [-0.25, -0.2) is 4.39 Å². The summed E-state index contributed by atoms with van der Waals surface area (Å²) in [5, 5.41) is 3.34. The summed E-state index contributed by atoms with van der Waals surface area (Å²) in [6.45, 7) is 4.52. The predicted molar refractivity (Wildman–Crippen MR) is 94.2 cm³/mol. The first-order chi connectivity index (χ1) is 11.7. The molecule has 1 atom stereocenters. The van der Waals surface area contributed by atoms with Crippen LogP contribution in [0.25, 0.3) is 11.1 Å². The Balaban J connectivity index is 1.83. The number of carbonyl (C=O) groups excluding carboxylic acids is 1. The molecular formula is C20H23FN2O. The molecule has 0 spiro atoms. The van der Waals surface area contributed by atoms with E-state index in [1.54, 1.807) is 12.1 Å². The lowest BCUT2D eigenvalue weighted by atomic mass is 9.94. The van der Waals surface area contributed by atoms with Crippen LogP contribution in [-0.4, -0.2) is 36.5 Å². The van der Waals surface area contributed by atoms with Crippen molar-refractivity contribution in [2.24, 2.45) is 0 Å². The van der Waals surface area contributed by atoms with Crippen LogP contribution < -0.4 is 5.32 Å². The first-order valence-electron chi connectivity index (χ1n) is 8.55. The van der Waals surface area contributed by atoms with Gasteiger partial charge in [0.25, 0.3) is 0 Å². The Morgan fingerprint density at radius 1 is 1.17 bits per heavy atom. The second-order valence-electron chi connectivity index (χ2n) is 6.20. The summed E-state index contributed by atoms with van der Waals surface area (Å²) in [5.41, 5.74) is 3.13. The second kappa shape index (κ2) is 7.58. The van der Waals surface area contributed by atoms with Crippen LogP contribution in [-0.2, 0) is 11.2 Å². The van der Waals surface area contributed by atoms with Crippen molar-refractivity contribution in [1.29, 1.82) is 0 Å². The number of rotatable bonds is 5. The minimum absolute atomic E-state index is 0.178. The van der Waals surface area contributed by atoms with Gasteiger partial charge in [0.2, 0.25) is 5.91 Å². The third-order valence-electron chi connectivity index (χ3n) is 4.47. The number of amides is 1. The highest BCUT2D eigenvalue weighted by Crippen LogP contribution is 2.25. The minimum Gasteiger partial charge on any atom is -0.340 e. The van der Waals surface area contributed by atoms with Crippen LogP contribution in [0.15, 0.2) is 48.5 Å². The van der Waals surface area contributed by atoms with E-state index in [1.165, 1.54) is 12.1 Å². The third kappa shape index (κ3) is 3.65. The zero-order chi connectivity index (χ0) is 16.9. The van der Waals surface area contributed by atoms with Crippen LogP contribution in [0.4, 0.5) is 4.39 Å². The molecule has 1 aliphatic heterocycles. The van der Waals surface area contributed by atoms with E-state index in [2.05, 4.69) is 12.2 Å². The number of nitrogens with one attached hydrogen (secondary N) is 1. The van der Waals surface area contributed by atoms with Gasteiger partial charge in [-0.3, -0.25) is 4.79 Å². The maximum atomic E-state index is 13.2. The first kappa shape index (κ1) is 16.7. The number of halogens is 1. The van der Waals surface area contributed by atoms with Gasteiger partial charge in [0.05, 0.1) is 6.04 Å². The van der Waals surface area contributed by atoms with E-state index in [0.29, 0.717) is 6.42 Å². The summed E-state index contributed by atoms with van der Waals surface area (Å²) in [6, 6.07) is 14.4. The molecule has 2 aromatic carbocycles. The molecule has 1 heterocycles. The molecule has 1 N–H and O–H groups in total. The van der Waals surface area contributed by atoms with Crippen molar-refractivity contribution >= 4 is 5.91 Å². The van der Waals surface area contributed by atoms with Crippen molar-refractivity contribution in [2.75, 3.05) is 19.6 Å². The predicted octanol–water partition coefficient (Wildman–Crippen LogP) is 3.25. The first-order valence-corrected chi connectivity index (χ1v) is 8.55. The maximum Gasteiger partial charge on any atom is 0.240 e. The molecule has 0 unspecified atom stereocenters. The fourth-order valence-electron chi connectivity index (χ4n) is 3.27. The van der Waals surface area contributed by atoms with E-state index in [-0.39, 0.29) is 17.8 Å². The topological polar surface area (TPSA) is 32.3 Å². The Morgan fingerprint density at radius 2 is 1.92 bits per heavy atom. The Labute approximate surface area is 142 Å². The molecule has 0 aliphatic carbocycles. The van der Waals surface area contributed by atoms with Crippen molar-refractivity contribution < 1.29 is 9.18 Å². The van der Waals surface area contributed by atoms with Gasteiger partial charge >= 0.3 is 0 Å². The number of piperazine rings is 1. The SMILES string of the molecule is CCCN1CCN[C@H](Cc2ccccc2-c2ccc(F)cc2)C1=O. The van der Waals surface area contributed by atoms with Crippen molar-refractivity contribution in [3.63, 3.8) is 0 Å². The molecule has 4 heteroatoms. The number of hydrogen-bond donors (Lipinski definition) is 1. The van der Waals surface area contributed by atoms with E-state index >= 15 is 0 Å². The molecule has 2 aromatic rings. The fourth-order valence-corrected chi connectivity index (χ4v) is 3.27. The zero-order valence-electron chi connectivity index (χ0n) is 14.0. The normalized spacial score (nSPS) is 18.0. The van der Waals surface area contributed by atoms with Gasteiger partial charge in [-0.05, 0) is 41.7 Å². The lowest BCUT2D eigenvalue weighted by Gasteiger charge is -2.33. The highest BCUT2D eigenvalue weighted by molar-refractivity contribution is 5.83. The summed E-state index contributed by atoms with van der Waals surface area (Å²) >= 11 is 0. The van der Waals surface area contributed by atoms with Crippen molar-refractivity contribution in [1.82, 2.24) is 10.2 Å². The molecule has 3 nitrogen and oxygen atoms in total. The summed E-state index contributed by atoms with van der Waals surface area (Å²) < 4.78 is 13.2. The zero-order valence-corrected chi connectivity index (χ0v) is 14.0. The average molecular weight is 326 g/mol. The van der Waals surface area contributed by atoms with E-state index in [0.717, 1.165) is 42.7 Å². The van der Waals surface area contributed by atoms with Gasteiger partial charge in [-0.15, -0.1) is 0 Å². The van der Waals surface area contributed by atoms with Gasteiger partial charge in [-0.2, -0.15) is 0 Å². The number of hydrogen-bond acceptors (Lipinski definition) is 2. The standard InChI is InChI=1S/C20H23FN2O/c1-2-12-23-13-11-22-19(20(23)24)14-16-5-3-4-6-18(16)15-7-9-17(21)10-8-15/h3-10,19,22H,2,11-14H2,1H3/t19-/m1/s1. The molecule has 0 bridgehead atoms. The van der Waals surface area contributed by atoms with Crippen molar-refractivity contribution in [3.8, 4) is 11.1 Å². The van der Waals surface area contributed by atoms with Gasteiger partial charge in [0, 0.05) is 19.6 Å². The van der Waals surface area contributed by atoms with Crippen LogP contribution in [0.3, 0.4) is 0 Å². The molecule has 24 heavy (non-hydrogen) atoms. The summed E-state index contributed by atoms with van der Waals surface area (Å²) in [4.78, 5) is 14.6. The Morgan fingerprint density at radius 3 is 2.67 bits per heavy atom. The second-order valence-corrected chi connectivity index (χ2v) is 6.20. The molecule has 1 aliphatic rings. The summed E-state index contributed by atoms with van der Waals surface area (Å²) in [6.07, 6.45) is 1.62. The Bertz CT molecular complexity index is 697. The quantitative estimate of drug-likeness (QED) is 0.915. The lowest BCUT2D eigenvalue weighted by molar-refractivity contribution is -0.135. The van der Waals surface area contributed by atoms with Gasteiger partial charge in [0.1, 0.15) is 5.82 Å². The van der Waals surface area contributed by atoms with Crippen LogP contribution >= 0.6 is 0 Å². The molecular weight excluding hydrogens is 303 g/mol. The van der Waals surface area contributed by atoms with Crippen LogP contribution in [0, 0.1) is 5.82 Å². The van der Waals surface area contributed by atoms with Crippen molar-refractivity contribution in [3.05, 3.63) is 59.9 Å². The number of benzene rings is 2. The van der Waals surface area contributed by atoms with E-state index in [9.17, 15) is 9.18 Å². The largest absolute Gasteiger partial charge is 0.340 e. The number of nitrogens with zero attached hydrogens (tertiary/aromatic N) is 1. The molecule has 1 saturated heterocycles. The van der Waals surface area contributed by atoms with Crippen LogP contribution in [0.1, 0.15) is 18.9 Å². The van der Waals surface area contributed by atoms with Gasteiger partial charge in [0.15, 0.2) is 0 Å². The fraction of sp³-hybridized carbons (Fsp3) is 0.350. The Hall–Kier alpha value is -2.20. The molecule has 0 saturated carbocycles. The average Bonchev–Trinajstić information content (AvgIpc) is 2.60. The highest BCUT2D eigenvalue weighted by atomic mass is 19.1. The Kier molecular flexibility index (Phi) is 5.26. The molecule has 0 radical (unpaired) electrons. The molecule has 1 amide bonds. The third-order valence-corrected chi connectivity index (χ3v) is 4.47. The smallest absolute Gasteiger partial charge is 0.240 e. The van der Waals surface area contributed by atoms with Crippen LogP contribution in [0.5, 0.6) is 0 Å². The molecule has 3 rings (SSSR count). The van der Waals surface area contributed by atoms with Gasteiger partial charge < -0.3 is 10.2 Å². The van der Waals surface area contributed by atoms with E-state index < -0.39 is 0 Å². The highest BCUT2D eigenvalue weighted by Gasteiger charge is 2.28. The lowest BCUT2D eigenvalue weighted by Crippen LogP contribution is -2.55. The molecule has 1 fully saturated rings. The van der Waals surface area contributed by atoms with Crippen LogP contribution in [0.2, 0.25) is 0 Å². The van der Waals surface area contributed by atoms with E-state index in [4.69, 9.17) is 0 Å². The number of carbonyl (C=O) groups is 1. The maximum absolute atomic E-state index is 13.2. The molecule has 0 aromatic heterocycles. The molecule has 126 valence electrons. The van der Waals surface area contributed by atoms with E-state index in [1.807, 2.05) is 29.2 Å². The minimum atomic E-state index is -0.240. The monoisotopic (exact) mass is 326 g/mol. The van der Waals surface area contributed by atoms with Crippen molar-refractivity contribution in [2.45, 2.75) is 25.8 Å². The van der Waals surface area contributed by atoms with Gasteiger partial charge in [-0.1, -0.05) is 43.3 Å². The summed E-state index contributed by atoms with van der Waals surface area (Å²) in [7, 11) is 0.